The minimum Gasteiger partial charge on any atom is -0.497 e. The lowest BCUT2D eigenvalue weighted by atomic mass is 10.0. The highest BCUT2D eigenvalue weighted by atomic mass is 16.5. The standard InChI is InChI=1S/C31H29N5O3/c1-21-25-20-35(31(37)32-26-15-7-8-17-28(26)39-3)29(22-11-9-14-24(19-22)38-2)27-16-10-18-34(27)30(25)36(33-21)23-12-5-4-6-13-23/h4-19,29H,20H2,1-3H3,(H,32,37)/t29-/m1/s1. The maximum atomic E-state index is 14.1. The molecule has 1 N–H and O–H groups in total. The number of aromatic nitrogens is 3. The molecule has 6 rings (SSSR count). The first-order valence-electron chi connectivity index (χ1n) is 12.7. The lowest BCUT2D eigenvalue weighted by molar-refractivity contribution is 0.194. The molecule has 0 aliphatic carbocycles. The van der Waals surface area contributed by atoms with Crippen LogP contribution in [0.25, 0.3) is 11.5 Å². The van der Waals surface area contributed by atoms with Crippen molar-refractivity contribution in [1.29, 1.82) is 0 Å². The summed E-state index contributed by atoms with van der Waals surface area (Å²) in [7, 11) is 3.24. The second kappa shape index (κ2) is 10.1. The molecule has 8 heteroatoms. The molecule has 2 amide bonds. The number of hydrogen-bond donors (Lipinski definition) is 1. The number of anilines is 1. The van der Waals surface area contributed by atoms with E-state index >= 15 is 0 Å². The fraction of sp³-hybridized carbons (Fsp3) is 0.161. The predicted octanol–water partition coefficient (Wildman–Crippen LogP) is 6.13. The number of aryl methyl sites for hydroxylation is 1. The second-order valence-corrected chi connectivity index (χ2v) is 9.38. The van der Waals surface area contributed by atoms with Crippen molar-refractivity contribution in [3.05, 3.63) is 120 Å². The Bertz CT molecular complexity index is 1640. The molecule has 3 aromatic carbocycles. The lowest BCUT2D eigenvalue weighted by Gasteiger charge is -2.31. The molecule has 196 valence electrons. The van der Waals surface area contributed by atoms with Gasteiger partial charge in [-0.2, -0.15) is 5.10 Å². The fourth-order valence-corrected chi connectivity index (χ4v) is 5.25. The summed E-state index contributed by atoms with van der Waals surface area (Å²) in [4.78, 5) is 16.0. The molecular formula is C31H29N5O3. The molecule has 8 nitrogen and oxygen atoms in total. The van der Waals surface area contributed by atoms with E-state index in [0.29, 0.717) is 18.0 Å². The van der Waals surface area contributed by atoms with Crippen LogP contribution in [0.2, 0.25) is 0 Å². The summed E-state index contributed by atoms with van der Waals surface area (Å²) in [6.45, 7) is 2.34. The van der Waals surface area contributed by atoms with Gasteiger partial charge in [0.15, 0.2) is 0 Å². The van der Waals surface area contributed by atoms with E-state index in [-0.39, 0.29) is 6.03 Å². The Morgan fingerprint density at radius 1 is 0.923 bits per heavy atom. The number of fused-ring (bicyclic) bond motifs is 3. The average molecular weight is 520 g/mol. The van der Waals surface area contributed by atoms with E-state index in [2.05, 4.69) is 16.0 Å². The van der Waals surface area contributed by atoms with E-state index in [0.717, 1.165) is 39.8 Å². The SMILES string of the molecule is COc1cccc([C@@H]2c3cccn3-c3c(c(C)nn3-c3ccccc3)CN2C(=O)Nc2ccccc2OC)c1. The van der Waals surface area contributed by atoms with Crippen molar-refractivity contribution in [2.45, 2.75) is 19.5 Å². The Balaban J connectivity index is 1.54. The van der Waals surface area contributed by atoms with Crippen LogP contribution >= 0.6 is 0 Å². The molecule has 0 spiro atoms. The van der Waals surface area contributed by atoms with Crippen LogP contribution in [0.4, 0.5) is 10.5 Å². The highest BCUT2D eigenvalue weighted by Crippen LogP contribution is 2.39. The van der Waals surface area contributed by atoms with Gasteiger partial charge in [0.05, 0.1) is 49.6 Å². The third kappa shape index (κ3) is 4.29. The van der Waals surface area contributed by atoms with Crippen molar-refractivity contribution in [3.63, 3.8) is 0 Å². The van der Waals surface area contributed by atoms with E-state index in [4.69, 9.17) is 14.6 Å². The first kappa shape index (κ1) is 24.4. The van der Waals surface area contributed by atoms with E-state index < -0.39 is 6.04 Å². The molecule has 0 radical (unpaired) electrons. The predicted molar refractivity (Wildman–Crippen MR) is 150 cm³/mol. The molecule has 0 saturated heterocycles. The number of hydrogen-bond acceptors (Lipinski definition) is 4. The van der Waals surface area contributed by atoms with Gasteiger partial charge in [-0.25, -0.2) is 9.48 Å². The molecule has 3 heterocycles. The zero-order chi connectivity index (χ0) is 26.9. The van der Waals surface area contributed by atoms with Gasteiger partial charge in [0.1, 0.15) is 17.3 Å². The molecule has 0 saturated carbocycles. The fourth-order valence-electron chi connectivity index (χ4n) is 5.25. The summed E-state index contributed by atoms with van der Waals surface area (Å²) in [6, 6.07) is 28.7. The number of para-hydroxylation sites is 3. The van der Waals surface area contributed by atoms with E-state index in [1.807, 2.05) is 108 Å². The van der Waals surface area contributed by atoms with Gasteiger partial charge in [0.2, 0.25) is 0 Å². The molecule has 1 atom stereocenters. The van der Waals surface area contributed by atoms with Gasteiger partial charge in [-0.1, -0.05) is 42.5 Å². The summed E-state index contributed by atoms with van der Waals surface area (Å²) in [6.07, 6.45) is 2.03. The van der Waals surface area contributed by atoms with Gasteiger partial charge in [-0.15, -0.1) is 0 Å². The Labute approximate surface area is 227 Å². The number of nitrogens with one attached hydrogen (secondary N) is 1. The zero-order valence-electron chi connectivity index (χ0n) is 22.0. The van der Waals surface area contributed by atoms with Crippen molar-refractivity contribution >= 4 is 11.7 Å². The first-order valence-corrected chi connectivity index (χ1v) is 12.7. The molecule has 2 aromatic heterocycles. The van der Waals surface area contributed by atoms with Crippen molar-refractivity contribution < 1.29 is 14.3 Å². The van der Waals surface area contributed by atoms with E-state index in [1.165, 1.54) is 0 Å². The van der Waals surface area contributed by atoms with Gasteiger partial charge in [-0.05, 0) is 61.0 Å². The lowest BCUT2D eigenvalue weighted by Crippen LogP contribution is -2.38. The summed E-state index contributed by atoms with van der Waals surface area (Å²) in [5, 5.41) is 8.00. The minimum atomic E-state index is -0.402. The second-order valence-electron chi connectivity index (χ2n) is 9.38. The molecule has 0 bridgehead atoms. The number of amides is 2. The van der Waals surface area contributed by atoms with Crippen molar-refractivity contribution in [2.24, 2.45) is 0 Å². The van der Waals surface area contributed by atoms with Crippen LogP contribution in [-0.2, 0) is 6.54 Å². The van der Waals surface area contributed by atoms with E-state index in [9.17, 15) is 4.79 Å². The van der Waals surface area contributed by atoms with E-state index in [1.54, 1.807) is 14.2 Å². The molecule has 1 aliphatic heterocycles. The van der Waals surface area contributed by atoms with Gasteiger partial charge >= 0.3 is 6.03 Å². The number of methoxy groups -OCH3 is 2. The summed E-state index contributed by atoms with van der Waals surface area (Å²) in [5.74, 6) is 2.24. The third-order valence-electron chi connectivity index (χ3n) is 7.11. The number of nitrogens with zero attached hydrogens (tertiary/aromatic N) is 4. The van der Waals surface area contributed by atoms with Crippen molar-refractivity contribution in [1.82, 2.24) is 19.2 Å². The smallest absolute Gasteiger partial charge is 0.323 e. The number of urea groups is 1. The number of benzene rings is 3. The van der Waals surface area contributed by atoms with Crippen LogP contribution in [0.1, 0.15) is 28.6 Å². The summed E-state index contributed by atoms with van der Waals surface area (Å²) >= 11 is 0. The van der Waals surface area contributed by atoms with Gasteiger partial charge in [0.25, 0.3) is 0 Å². The van der Waals surface area contributed by atoms with Crippen molar-refractivity contribution in [3.8, 4) is 23.0 Å². The summed E-state index contributed by atoms with van der Waals surface area (Å²) < 4.78 is 15.2. The molecule has 5 aromatic rings. The largest absolute Gasteiger partial charge is 0.497 e. The molecule has 0 fully saturated rings. The van der Waals surface area contributed by atoms with Gasteiger partial charge in [-0.3, -0.25) is 0 Å². The highest BCUT2D eigenvalue weighted by Gasteiger charge is 2.36. The number of carbonyl (C=O) groups is 1. The van der Waals surface area contributed by atoms with Crippen molar-refractivity contribution in [2.75, 3.05) is 19.5 Å². The minimum absolute atomic E-state index is 0.250. The Morgan fingerprint density at radius 2 is 1.72 bits per heavy atom. The van der Waals surface area contributed by atoms with Crippen LogP contribution in [0, 0.1) is 6.92 Å². The number of carbonyl (C=O) groups excluding carboxylic acids is 1. The number of ether oxygens (including phenoxy) is 2. The number of rotatable bonds is 5. The average Bonchev–Trinajstić information content (AvgIpc) is 3.54. The van der Waals surface area contributed by atoms with Gasteiger partial charge in [0, 0.05) is 11.8 Å². The topological polar surface area (TPSA) is 73.5 Å². The Morgan fingerprint density at radius 3 is 2.51 bits per heavy atom. The Kier molecular flexibility index (Phi) is 6.28. The third-order valence-corrected chi connectivity index (χ3v) is 7.11. The first-order chi connectivity index (χ1) is 19.1. The van der Waals surface area contributed by atoms with Crippen LogP contribution in [-0.4, -0.2) is 39.5 Å². The van der Waals surface area contributed by atoms with Gasteiger partial charge < -0.3 is 24.3 Å². The molecule has 1 aliphatic rings. The molecule has 0 unspecified atom stereocenters. The maximum absolute atomic E-state index is 14.1. The maximum Gasteiger partial charge on any atom is 0.323 e. The normalized spacial score (nSPS) is 14.2. The molecule has 39 heavy (non-hydrogen) atoms. The van der Waals surface area contributed by atoms with Crippen LogP contribution in [0.3, 0.4) is 0 Å². The Hall–Kier alpha value is -4.98. The molecular weight excluding hydrogens is 490 g/mol. The van der Waals surface area contributed by atoms with Crippen LogP contribution in [0.5, 0.6) is 11.5 Å². The monoisotopic (exact) mass is 519 g/mol. The highest BCUT2D eigenvalue weighted by molar-refractivity contribution is 5.91. The van der Waals surface area contributed by atoms with Crippen LogP contribution < -0.4 is 14.8 Å². The summed E-state index contributed by atoms with van der Waals surface area (Å²) in [5.41, 5.74) is 5.25. The zero-order valence-corrected chi connectivity index (χ0v) is 22.0. The van der Waals surface area contributed by atoms with Crippen LogP contribution in [0.15, 0.2) is 97.2 Å². The quantitative estimate of drug-likeness (QED) is 0.303.